The molecule has 4 rings (SSSR count). The molecule has 2 N–H and O–H groups in total. The fourth-order valence-electron chi connectivity index (χ4n) is 2.52. The third kappa shape index (κ3) is 3.66. The number of amides is 1. The Labute approximate surface area is 152 Å². The lowest BCUT2D eigenvalue weighted by Gasteiger charge is -2.16. The molecule has 0 saturated heterocycles. The second kappa shape index (κ2) is 7.47. The average Bonchev–Trinajstić information content (AvgIpc) is 3.41. The lowest BCUT2D eigenvalue weighted by Crippen LogP contribution is -2.33. The van der Waals surface area contributed by atoms with Gasteiger partial charge in [-0.15, -0.1) is 5.10 Å². The van der Waals surface area contributed by atoms with E-state index in [1.807, 2.05) is 30.3 Å². The molecule has 11 heteroatoms. The zero-order valence-electron chi connectivity index (χ0n) is 14.0. The number of nitrogens with zero attached hydrogens (tertiary/aromatic N) is 8. The third-order valence-electron chi connectivity index (χ3n) is 3.75. The Morgan fingerprint density at radius 2 is 2.11 bits per heavy atom. The Hall–Kier alpha value is -4.02. The van der Waals surface area contributed by atoms with Gasteiger partial charge in [0.2, 0.25) is 11.7 Å². The zero-order chi connectivity index (χ0) is 18.5. The molecule has 1 aromatic carbocycles. The van der Waals surface area contributed by atoms with Gasteiger partial charge in [0.25, 0.3) is 0 Å². The molecule has 0 bridgehead atoms. The maximum Gasteiger partial charge on any atom is 0.249 e. The van der Waals surface area contributed by atoms with E-state index in [4.69, 9.17) is 0 Å². The van der Waals surface area contributed by atoms with Crippen LogP contribution in [0.1, 0.15) is 17.4 Å². The SMILES string of the molecule is O=C(NCc1nc(-c2cnccn2)n[nH]1)[C@H](c1ccccc1)n1cnnn1. The Morgan fingerprint density at radius 1 is 1.22 bits per heavy atom. The van der Waals surface area contributed by atoms with E-state index in [0.717, 1.165) is 5.56 Å². The fourth-order valence-corrected chi connectivity index (χ4v) is 2.52. The van der Waals surface area contributed by atoms with E-state index in [2.05, 4.69) is 46.0 Å². The quantitative estimate of drug-likeness (QED) is 0.494. The molecule has 3 heterocycles. The lowest BCUT2D eigenvalue weighted by atomic mass is 10.1. The van der Waals surface area contributed by atoms with Crippen molar-refractivity contribution in [1.82, 2.24) is 50.7 Å². The molecule has 0 spiro atoms. The summed E-state index contributed by atoms with van der Waals surface area (Å²) in [6.07, 6.45) is 6.09. The van der Waals surface area contributed by atoms with E-state index in [0.29, 0.717) is 17.3 Å². The van der Waals surface area contributed by atoms with Gasteiger partial charge in [-0.3, -0.25) is 14.9 Å². The summed E-state index contributed by atoms with van der Waals surface area (Å²) in [5.41, 5.74) is 1.31. The largest absolute Gasteiger partial charge is 0.347 e. The first-order chi connectivity index (χ1) is 13.3. The van der Waals surface area contributed by atoms with Crippen molar-refractivity contribution < 1.29 is 4.79 Å². The number of aromatic nitrogens is 9. The van der Waals surface area contributed by atoms with Crippen molar-refractivity contribution in [2.24, 2.45) is 0 Å². The van der Waals surface area contributed by atoms with Gasteiger partial charge in [0, 0.05) is 12.4 Å². The van der Waals surface area contributed by atoms with E-state index >= 15 is 0 Å². The van der Waals surface area contributed by atoms with E-state index in [-0.39, 0.29) is 12.5 Å². The molecule has 0 saturated carbocycles. The van der Waals surface area contributed by atoms with E-state index in [9.17, 15) is 4.79 Å². The monoisotopic (exact) mass is 362 g/mol. The summed E-state index contributed by atoms with van der Waals surface area (Å²) in [7, 11) is 0. The van der Waals surface area contributed by atoms with Gasteiger partial charge in [-0.1, -0.05) is 30.3 Å². The zero-order valence-corrected chi connectivity index (χ0v) is 14.0. The standard InChI is InChI=1S/C16H14N10O/c27-16(14(26-10-20-24-25-26)11-4-2-1-3-5-11)19-9-13-21-15(23-22-13)12-8-17-6-7-18-12/h1-8,10,14H,9H2,(H,19,27)(H,21,22,23)/t14-/m0/s1. The summed E-state index contributed by atoms with van der Waals surface area (Å²) in [6.45, 7) is 0.164. The minimum Gasteiger partial charge on any atom is -0.347 e. The minimum absolute atomic E-state index is 0.164. The van der Waals surface area contributed by atoms with Crippen LogP contribution < -0.4 is 5.32 Å². The first kappa shape index (κ1) is 16.4. The molecule has 0 fully saturated rings. The molecule has 0 unspecified atom stereocenters. The van der Waals surface area contributed by atoms with Crippen molar-refractivity contribution in [2.45, 2.75) is 12.6 Å². The third-order valence-corrected chi connectivity index (χ3v) is 3.75. The summed E-state index contributed by atoms with van der Waals surface area (Å²) in [5.74, 6) is 0.630. The topological polar surface area (TPSA) is 140 Å². The van der Waals surface area contributed by atoms with Gasteiger partial charge in [-0.05, 0) is 16.0 Å². The van der Waals surface area contributed by atoms with Gasteiger partial charge < -0.3 is 5.32 Å². The Kier molecular flexibility index (Phi) is 4.55. The number of hydrogen-bond acceptors (Lipinski definition) is 8. The molecule has 1 atom stereocenters. The highest BCUT2D eigenvalue weighted by Crippen LogP contribution is 2.17. The van der Waals surface area contributed by atoms with Gasteiger partial charge in [0.15, 0.2) is 6.04 Å². The van der Waals surface area contributed by atoms with E-state index < -0.39 is 6.04 Å². The van der Waals surface area contributed by atoms with Gasteiger partial charge in [-0.25, -0.2) is 14.6 Å². The van der Waals surface area contributed by atoms with Crippen molar-refractivity contribution >= 4 is 5.91 Å². The highest BCUT2D eigenvalue weighted by atomic mass is 16.2. The normalized spacial score (nSPS) is 11.9. The van der Waals surface area contributed by atoms with Crippen molar-refractivity contribution in [3.63, 3.8) is 0 Å². The lowest BCUT2D eigenvalue weighted by molar-refractivity contribution is -0.123. The number of carbonyl (C=O) groups excluding carboxylic acids is 1. The van der Waals surface area contributed by atoms with Gasteiger partial charge in [-0.2, -0.15) is 5.10 Å². The Morgan fingerprint density at radius 3 is 2.85 bits per heavy atom. The number of carbonyl (C=O) groups is 1. The summed E-state index contributed by atoms with van der Waals surface area (Å²) >= 11 is 0. The van der Waals surface area contributed by atoms with Crippen LogP contribution in [-0.2, 0) is 11.3 Å². The minimum atomic E-state index is -0.691. The molecule has 1 amide bonds. The number of hydrogen-bond donors (Lipinski definition) is 2. The van der Waals surface area contributed by atoms with Crippen molar-refractivity contribution in [1.29, 1.82) is 0 Å². The molecular weight excluding hydrogens is 348 g/mol. The first-order valence-electron chi connectivity index (χ1n) is 8.04. The Bertz CT molecular complexity index is 1000. The molecule has 0 aliphatic carbocycles. The highest BCUT2D eigenvalue weighted by molar-refractivity contribution is 5.83. The molecule has 27 heavy (non-hydrogen) atoms. The van der Waals surface area contributed by atoms with Gasteiger partial charge in [0.1, 0.15) is 17.8 Å². The molecule has 134 valence electrons. The predicted octanol–water partition coefficient (Wildman–Crippen LogP) is 0.154. The number of aromatic amines is 1. The van der Waals surface area contributed by atoms with Crippen LogP contribution in [0.5, 0.6) is 0 Å². The van der Waals surface area contributed by atoms with Crippen LogP contribution in [0.3, 0.4) is 0 Å². The number of nitrogens with one attached hydrogen (secondary N) is 2. The van der Waals surface area contributed by atoms with E-state index in [1.165, 1.54) is 11.0 Å². The Balaban J connectivity index is 1.48. The summed E-state index contributed by atoms with van der Waals surface area (Å²) in [5, 5.41) is 20.8. The van der Waals surface area contributed by atoms with Crippen molar-refractivity contribution in [2.75, 3.05) is 0 Å². The van der Waals surface area contributed by atoms with Crippen LogP contribution in [-0.4, -0.2) is 51.3 Å². The van der Waals surface area contributed by atoms with Crippen LogP contribution >= 0.6 is 0 Å². The molecule has 0 aliphatic rings. The summed E-state index contributed by atoms with van der Waals surface area (Å²) < 4.78 is 1.40. The number of tetrazole rings is 1. The summed E-state index contributed by atoms with van der Waals surface area (Å²) in [4.78, 5) is 25.2. The van der Waals surface area contributed by atoms with Crippen LogP contribution in [0.4, 0.5) is 0 Å². The number of H-pyrrole nitrogens is 1. The molecule has 0 radical (unpaired) electrons. The van der Waals surface area contributed by atoms with Crippen LogP contribution in [0, 0.1) is 0 Å². The average molecular weight is 362 g/mol. The van der Waals surface area contributed by atoms with Crippen molar-refractivity contribution in [3.05, 3.63) is 66.6 Å². The van der Waals surface area contributed by atoms with Crippen LogP contribution in [0.15, 0.2) is 55.2 Å². The smallest absolute Gasteiger partial charge is 0.249 e. The highest BCUT2D eigenvalue weighted by Gasteiger charge is 2.23. The molecule has 3 aromatic heterocycles. The van der Waals surface area contributed by atoms with Gasteiger partial charge in [0.05, 0.1) is 12.7 Å². The second-order valence-corrected chi connectivity index (χ2v) is 5.52. The fraction of sp³-hybridized carbons (Fsp3) is 0.125. The molecule has 0 aliphatic heterocycles. The maximum atomic E-state index is 12.8. The van der Waals surface area contributed by atoms with Crippen LogP contribution in [0.25, 0.3) is 11.5 Å². The van der Waals surface area contributed by atoms with Crippen molar-refractivity contribution in [3.8, 4) is 11.5 Å². The molecule has 11 nitrogen and oxygen atoms in total. The maximum absolute atomic E-state index is 12.8. The van der Waals surface area contributed by atoms with Crippen LogP contribution in [0.2, 0.25) is 0 Å². The predicted molar refractivity (Wildman–Crippen MR) is 91.7 cm³/mol. The van der Waals surface area contributed by atoms with E-state index in [1.54, 1.807) is 18.6 Å². The summed E-state index contributed by atoms with van der Waals surface area (Å²) in [6, 6.07) is 8.57. The van der Waals surface area contributed by atoms with Gasteiger partial charge >= 0.3 is 0 Å². The molecule has 4 aromatic rings. The molecular formula is C16H14N10O. The second-order valence-electron chi connectivity index (χ2n) is 5.52. The number of rotatable bonds is 6. The number of benzene rings is 1. The first-order valence-corrected chi connectivity index (χ1v) is 8.04.